The molecular formula is C25H27FN2O4Si. The van der Waals surface area contributed by atoms with E-state index in [1.165, 1.54) is 12.1 Å². The van der Waals surface area contributed by atoms with Crippen LogP contribution in [0.1, 0.15) is 35.6 Å². The molecule has 0 saturated heterocycles. The molecule has 1 aromatic carbocycles. The van der Waals surface area contributed by atoms with E-state index in [-0.39, 0.29) is 24.4 Å². The number of fused-ring (bicyclic) bond motifs is 5. The van der Waals surface area contributed by atoms with Crippen molar-refractivity contribution in [1.29, 1.82) is 0 Å². The number of hydrogen-bond donors (Lipinski definition) is 1. The lowest BCUT2D eigenvalue weighted by Gasteiger charge is -2.31. The van der Waals surface area contributed by atoms with Gasteiger partial charge >= 0.3 is 5.97 Å². The Hall–Kier alpha value is -2.84. The van der Waals surface area contributed by atoms with Gasteiger partial charge in [-0.25, -0.2) is 14.2 Å². The van der Waals surface area contributed by atoms with Crippen molar-refractivity contribution in [2.45, 2.75) is 64.2 Å². The second-order valence-electron chi connectivity index (χ2n) is 10.2. The fourth-order valence-electron chi connectivity index (χ4n) is 4.92. The van der Waals surface area contributed by atoms with E-state index in [1.807, 2.05) is 0 Å². The van der Waals surface area contributed by atoms with Crippen molar-refractivity contribution < 1.29 is 19.0 Å². The fraction of sp³-hybridized carbons (Fsp3) is 0.400. The van der Waals surface area contributed by atoms with Gasteiger partial charge in [0.15, 0.2) is 5.60 Å². The van der Waals surface area contributed by atoms with Crippen molar-refractivity contribution in [2.75, 3.05) is 0 Å². The Morgan fingerprint density at radius 2 is 1.97 bits per heavy atom. The maximum atomic E-state index is 14.2. The first-order chi connectivity index (χ1) is 15.5. The number of carbonyl (C=O) groups excluding carboxylic acids is 1. The first-order valence-electron chi connectivity index (χ1n) is 11.3. The molecule has 0 saturated carbocycles. The summed E-state index contributed by atoms with van der Waals surface area (Å²) < 4.78 is 21.0. The van der Waals surface area contributed by atoms with Gasteiger partial charge in [0.2, 0.25) is 0 Å². The number of benzene rings is 1. The Balaban J connectivity index is 1.77. The first-order valence-corrected chi connectivity index (χ1v) is 15.0. The molecule has 172 valence electrons. The number of aryl methyl sites for hydroxylation is 1. The predicted molar refractivity (Wildman–Crippen MR) is 126 cm³/mol. The highest BCUT2D eigenvalue weighted by molar-refractivity contribution is 6.76. The van der Waals surface area contributed by atoms with Crippen molar-refractivity contribution >= 4 is 24.9 Å². The van der Waals surface area contributed by atoms with Gasteiger partial charge in [-0.05, 0) is 42.7 Å². The maximum absolute atomic E-state index is 14.2. The quantitative estimate of drug-likeness (QED) is 0.362. The lowest BCUT2D eigenvalue weighted by Crippen LogP contribution is -2.44. The monoisotopic (exact) mass is 466 g/mol. The molecule has 3 aromatic rings. The first kappa shape index (κ1) is 22.0. The van der Waals surface area contributed by atoms with Gasteiger partial charge in [-0.3, -0.25) is 4.79 Å². The number of carbonyl (C=O) groups is 1. The van der Waals surface area contributed by atoms with E-state index in [0.717, 1.165) is 29.0 Å². The molecule has 2 aliphatic heterocycles. The number of halogens is 1. The Morgan fingerprint density at radius 3 is 2.67 bits per heavy atom. The van der Waals surface area contributed by atoms with Crippen LogP contribution in [0, 0.1) is 5.82 Å². The van der Waals surface area contributed by atoms with Crippen molar-refractivity contribution in [3.05, 3.63) is 62.7 Å². The number of rotatable bonds is 4. The Kier molecular flexibility index (Phi) is 4.88. The third-order valence-corrected chi connectivity index (χ3v) is 8.64. The molecule has 2 aliphatic rings. The number of ether oxygens (including phenoxy) is 1. The van der Waals surface area contributed by atoms with E-state index in [1.54, 1.807) is 23.6 Å². The molecule has 2 aromatic heterocycles. The number of hydrogen-bond acceptors (Lipinski definition) is 5. The Morgan fingerprint density at radius 1 is 1.21 bits per heavy atom. The number of aliphatic hydroxyl groups is 1. The fourth-order valence-corrected chi connectivity index (χ4v) is 5.92. The minimum atomic E-state index is -1.86. The van der Waals surface area contributed by atoms with Crippen LogP contribution >= 0.6 is 0 Å². The van der Waals surface area contributed by atoms with Crippen LogP contribution in [-0.4, -0.2) is 28.7 Å². The molecule has 0 unspecified atom stereocenters. The molecule has 1 N–H and O–H groups in total. The minimum absolute atomic E-state index is 0.0977. The molecule has 33 heavy (non-hydrogen) atoms. The van der Waals surface area contributed by atoms with Gasteiger partial charge in [-0.15, -0.1) is 0 Å². The third kappa shape index (κ3) is 3.35. The highest BCUT2D eigenvalue weighted by atomic mass is 28.3. The van der Waals surface area contributed by atoms with Gasteiger partial charge in [-0.2, -0.15) is 0 Å². The number of cyclic esters (lactones) is 1. The summed E-state index contributed by atoms with van der Waals surface area (Å²) in [5.74, 6) is -1.05. The molecule has 0 aliphatic carbocycles. The number of esters is 1. The molecule has 0 amide bonds. The van der Waals surface area contributed by atoms with Crippen LogP contribution in [0.3, 0.4) is 0 Å². The predicted octanol–water partition coefficient (Wildman–Crippen LogP) is 4.10. The average Bonchev–Trinajstić information content (AvgIpc) is 3.12. The van der Waals surface area contributed by atoms with Crippen LogP contribution in [0.2, 0.25) is 25.7 Å². The molecule has 0 spiro atoms. The SMILES string of the molecule is CC[C@@]1(O)C(=O)OCc2c1cc1n(c2=O)Cc2c-1nc1ccc(F)cc1c2CC[Si](C)(C)C. The highest BCUT2D eigenvalue weighted by Gasteiger charge is 2.45. The molecule has 5 rings (SSSR count). The van der Waals surface area contributed by atoms with Crippen LogP contribution < -0.4 is 5.56 Å². The van der Waals surface area contributed by atoms with Crippen LogP contribution in [0.15, 0.2) is 29.1 Å². The van der Waals surface area contributed by atoms with Gasteiger partial charge in [-0.1, -0.05) is 32.6 Å². The van der Waals surface area contributed by atoms with Crippen molar-refractivity contribution in [2.24, 2.45) is 0 Å². The zero-order chi connectivity index (χ0) is 23.7. The minimum Gasteiger partial charge on any atom is -0.458 e. The van der Waals surface area contributed by atoms with E-state index < -0.39 is 19.6 Å². The van der Waals surface area contributed by atoms with Crippen LogP contribution in [0.4, 0.5) is 4.39 Å². The lowest BCUT2D eigenvalue weighted by molar-refractivity contribution is -0.172. The zero-order valence-corrected chi connectivity index (χ0v) is 20.3. The molecule has 4 heterocycles. The van der Waals surface area contributed by atoms with Gasteiger partial charge in [0.1, 0.15) is 12.4 Å². The van der Waals surface area contributed by atoms with Crippen molar-refractivity contribution in [3.63, 3.8) is 0 Å². The van der Waals surface area contributed by atoms with Gasteiger partial charge in [0.25, 0.3) is 5.56 Å². The third-order valence-electron chi connectivity index (χ3n) is 6.89. The Bertz CT molecular complexity index is 1390. The second kappa shape index (κ2) is 7.33. The summed E-state index contributed by atoms with van der Waals surface area (Å²) in [5.41, 5.74) is 2.31. The maximum Gasteiger partial charge on any atom is 0.343 e. The average molecular weight is 467 g/mol. The summed E-state index contributed by atoms with van der Waals surface area (Å²) in [7, 11) is -1.39. The van der Waals surface area contributed by atoms with Crippen LogP contribution in [0.5, 0.6) is 0 Å². The van der Waals surface area contributed by atoms with E-state index in [4.69, 9.17) is 9.72 Å². The van der Waals surface area contributed by atoms with Gasteiger partial charge in [0, 0.05) is 24.6 Å². The van der Waals surface area contributed by atoms with E-state index in [0.29, 0.717) is 34.6 Å². The highest BCUT2D eigenvalue weighted by Crippen LogP contribution is 2.40. The van der Waals surface area contributed by atoms with Crippen molar-refractivity contribution in [3.8, 4) is 11.4 Å². The number of pyridine rings is 2. The topological polar surface area (TPSA) is 81.4 Å². The molecule has 1 atom stereocenters. The summed E-state index contributed by atoms with van der Waals surface area (Å²) in [6, 6.07) is 7.33. The summed E-state index contributed by atoms with van der Waals surface area (Å²) in [6.07, 6.45) is 0.879. The molecule has 0 radical (unpaired) electrons. The number of aromatic nitrogens is 2. The van der Waals surface area contributed by atoms with Crippen molar-refractivity contribution in [1.82, 2.24) is 9.55 Å². The normalized spacial score (nSPS) is 19.3. The molecule has 6 nitrogen and oxygen atoms in total. The standard InChI is InChI=1S/C25H27FN2O4Si/c1-5-25(31)19-11-21-22-17(12-28(21)23(29)18(19)13-32-24(25)30)15(8-9-33(2,3)4)16-10-14(26)6-7-20(16)27-22/h6-7,10-11,31H,5,8-9,12-13H2,1-4H3/t25-/m0/s1. The largest absolute Gasteiger partial charge is 0.458 e. The van der Waals surface area contributed by atoms with E-state index in [9.17, 15) is 19.1 Å². The summed E-state index contributed by atoms with van der Waals surface area (Å²) >= 11 is 0. The number of nitrogens with zero attached hydrogens (tertiary/aromatic N) is 2. The molecule has 8 heteroatoms. The van der Waals surface area contributed by atoms with E-state index >= 15 is 0 Å². The summed E-state index contributed by atoms with van der Waals surface area (Å²) in [5, 5.41) is 11.8. The van der Waals surface area contributed by atoms with Crippen LogP contribution in [0.25, 0.3) is 22.3 Å². The summed E-state index contributed by atoms with van der Waals surface area (Å²) in [6.45, 7) is 8.75. The summed E-state index contributed by atoms with van der Waals surface area (Å²) in [4.78, 5) is 30.6. The van der Waals surface area contributed by atoms with E-state index in [2.05, 4.69) is 19.6 Å². The Labute approximate surface area is 192 Å². The zero-order valence-electron chi connectivity index (χ0n) is 19.3. The smallest absolute Gasteiger partial charge is 0.343 e. The molecular weight excluding hydrogens is 439 g/mol. The van der Waals surface area contributed by atoms with Gasteiger partial charge in [0.05, 0.1) is 29.0 Å². The molecule has 0 fully saturated rings. The van der Waals surface area contributed by atoms with Crippen LogP contribution in [-0.2, 0) is 34.7 Å². The molecule has 0 bridgehead atoms. The lowest BCUT2D eigenvalue weighted by atomic mass is 9.86. The second-order valence-corrected chi connectivity index (χ2v) is 15.9. The van der Waals surface area contributed by atoms with Gasteiger partial charge < -0.3 is 14.4 Å².